The van der Waals surface area contributed by atoms with Gasteiger partial charge in [0.1, 0.15) is 0 Å². The lowest BCUT2D eigenvalue weighted by Gasteiger charge is -2.24. The lowest BCUT2D eigenvalue weighted by Crippen LogP contribution is -2.27. The quantitative estimate of drug-likeness (QED) is 0.654. The molecular weight excluding hydrogens is 158 g/mol. The van der Waals surface area contributed by atoms with Crippen molar-refractivity contribution in [2.45, 2.75) is 38.1 Å². The Kier molecular flexibility index (Phi) is 2.73. The van der Waals surface area contributed by atoms with Crippen LogP contribution in [-0.4, -0.2) is 13.1 Å². The molecule has 4 atom stereocenters. The van der Waals surface area contributed by atoms with Gasteiger partial charge in [-0.2, -0.15) is 0 Å². The van der Waals surface area contributed by atoms with E-state index >= 15 is 0 Å². The molecule has 2 aliphatic rings. The summed E-state index contributed by atoms with van der Waals surface area (Å²) < 4.78 is 0. The average molecular weight is 179 g/mol. The van der Waals surface area contributed by atoms with Gasteiger partial charge < -0.3 is 5.32 Å². The summed E-state index contributed by atoms with van der Waals surface area (Å²) in [6.07, 6.45) is 9.42. The molecule has 0 radical (unpaired) electrons. The van der Waals surface area contributed by atoms with Crippen molar-refractivity contribution in [2.24, 2.45) is 17.8 Å². The topological polar surface area (TPSA) is 12.0 Å². The molecule has 2 fully saturated rings. The van der Waals surface area contributed by atoms with Crippen LogP contribution in [0.5, 0.6) is 0 Å². The standard InChI is InChI=1S/C12H21N/c1-3-12(13-2)8-11-7-9-4-5-10(11)6-9/h3,9-13H,1,4-8H2,2H3. The van der Waals surface area contributed by atoms with Crippen molar-refractivity contribution in [3.8, 4) is 0 Å². The van der Waals surface area contributed by atoms with Crippen molar-refractivity contribution in [1.29, 1.82) is 0 Å². The maximum absolute atomic E-state index is 3.87. The Hall–Kier alpha value is -0.300. The second kappa shape index (κ2) is 3.83. The van der Waals surface area contributed by atoms with Gasteiger partial charge in [0.15, 0.2) is 0 Å². The predicted molar refractivity (Wildman–Crippen MR) is 56.6 cm³/mol. The Morgan fingerprint density at radius 3 is 2.77 bits per heavy atom. The van der Waals surface area contributed by atoms with Gasteiger partial charge in [-0.25, -0.2) is 0 Å². The summed E-state index contributed by atoms with van der Waals surface area (Å²) in [5, 5.41) is 3.32. The first-order valence-electron chi connectivity index (χ1n) is 5.63. The van der Waals surface area contributed by atoms with Gasteiger partial charge in [-0.05, 0) is 50.5 Å². The number of fused-ring (bicyclic) bond motifs is 2. The van der Waals surface area contributed by atoms with Gasteiger partial charge in [0.05, 0.1) is 0 Å². The Bertz CT molecular complexity index is 188. The minimum atomic E-state index is 0.546. The highest BCUT2D eigenvalue weighted by atomic mass is 14.9. The van der Waals surface area contributed by atoms with Crippen LogP contribution >= 0.6 is 0 Å². The third-order valence-electron chi connectivity index (χ3n) is 4.10. The van der Waals surface area contributed by atoms with E-state index in [4.69, 9.17) is 0 Å². The molecule has 2 bridgehead atoms. The maximum atomic E-state index is 3.87. The minimum Gasteiger partial charge on any atom is -0.314 e. The summed E-state index contributed by atoms with van der Waals surface area (Å²) in [5.74, 6) is 3.13. The first-order valence-corrected chi connectivity index (χ1v) is 5.63. The highest BCUT2D eigenvalue weighted by Gasteiger charge is 2.39. The van der Waals surface area contributed by atoms with Gasteiger partial charge in [-0.3, -0.25) is 0 Å². The van der Waals surface area contributed by atoms with Crippen molar-refractivity contribution < 1.29 is 0 Å². The second-order valence-corrected chi connectivity index (χ2v) is 4.80. The number of hydrogen-bond donors (Lipinski definition) is 1. The number of likely N-dealkylation sites (N-methyl/N-ethyl adjacent to an activating group) is 1. The molecule has 0 saturated heterocycles. The van der Waals surface area contributed by atoms with E-state index in [9.17, 15) is 0 Å². The molecule has 0 heterocycles. The van der Waals surface area contributed by atoms with Crippen LogP contribution in [0.2, 0.25) is 0 Å². The molecule has 4 unspecified atom stereocenters. The predicted octanol–water partition coefficient (Wildman–Crippen LogP) is 2.59. The fraction of sp³-hybridized carbons (Fsp3) is 0.833. The number of nitrogens with one attached hydrogen (secondary N) is 1. The molecule has 0 aliphatic heterocycles. The third-order valence-corrected chi connectivity index (χ3v) is 4.10. The summed E-state index contributed by atoms with van der Waals surface area (Å²) in [4.78, 5) is 0. The van der Waals surface area contributed by atoms with Crippen LogP contribution < -0.4 is 5.32 Å². The molecular formula is C12H21N. The molecule has 0 aromatic heterocycles. The van der Waals surface area contributed by atoms with Crippen molar-refractivity contribution in [3.63, 3.8) is 0 Å². The lowest BCUT2D eigenvalue weighted by atomic mass is 9.84. The first-order chi connectivity index (χ1) is 6.33. The average Bonchev–Trinajstić information content (AvgIpc) is 2.75. The zero-order valence-corrected chi connectivity index (χ0v) is 8.63. The van der Waals surface area contributed by atoms with Crippen molar-refractivity contribution in [1.82, 2.24) is 5.32 Å². The van der Waals surface area contributed by atoms with Crippen LogP contribution in [0.25, 0.3) is 0 Å². The summed E-state index contributed by atoms with van der Waals surface area (Å²) in [5.41, 5.74) is 0. The largest absolute Gasteiger partial charge is 0.314 e. The van der Waals surface area contributed by atoms with Crippen LogP contribution in [0.4, 0.5) is 0 Å². The van der Waals surface area contributed by atoms with Crippen LogP contribution in [-0.2, 0) is 0 Å². The van der Waals surface area contributed by atoms with Gasteiger partial charge in [-0.15, -0.1) is 6.58 Å². The molecule has 13 heavy (non-hydrogen) atoms. The number of rotatable bonds is 4. The van der Waals surface area contributed by atoms with Gasteiger partial charge >= 0.3 is 0 Å². The molecule has 0 aromatic rings. The SMILES string of the molecule is C=CC(CC1CC2CCC1C2)NC. The molecule has 0 amide bonds. The van der Waals surface area contributed by atoms with E-state index in [-0.39, 0.29) is 0 Å². The van der Waals surface area contributed by atoms with Crippen LogP contribution in [0.1, 0.15) is 32.1 Å². The van der Waals surface area contributed by atoms with E-state index < -0.39 is 0 Å². The van der Waals surface area contributed by atoms with Crippen LogP contribution in [0.3, 0.4) is 0 Å². The normalized spacial score (nSPS) is 39.3. The first kappa shape index (κ1) is 9.26. The highest BCUT2D eigenvalue weighted by Crippen LogP contribution is 2.49. The Labute approximate surface area is 81.6 Å². The molecule has 2 rings (SSSR count). The summed E-state index contributed by atoms with van der Waals surface area (Å²) in [6.45, 7) is 3.87. The van der Waals surface area contributed by atoms with Crippen LogP contribution in [0.15, 0.2) is 12.7 Å². The zero-order chi connectivity index (χ0) is 9.26. The monoisotopic (exact) mass is 179 g/mol. The van der Waals surface area contributed by atoms with Crippen molar-refractivity contribution in [2.75, 3.05) is 7.05 Å². The highest BCUT2D eigenvalue weighted by molar-refractivity contribution is 4.95. The fourth-order valence-corrected chi connectivity index (χ4v) is 3.32. The molecule has 0 aromatic carbocycles. The zero-order valence-electron chi connectivity index (χ0n) is 8.63. The molecule has 2 saturated carbocycles. The molecule has 74 valence electrons. The molecule has 0 spiro atoms. The Morgan fingerprint density at radius 1 is 1.46 bits per heavy atom. The summed E-state index contributed by atoms with van der Waals surface area (Å²) in [7, 11) is 2.04. The Morgan fingerprint density at radius 2 is 2.31 bits per heavy atom. The van der Waals surface area contributed by atoms with Crippen molar-refractivity contribution in [3.05, 3.63) is 12.7 Å². The van der Waals surface area contributed by atoms with E-state index in [1.165, 1.54) is 32.1 Å². The molecule has 1 N–H and O–H groups in total. The van der Waals surface area contributed by atoms with E-state index in [2.05, 4.69) is 18.0 Å². The molecule has 1 heteroatoms. The summed E-state index contributed by atoms with van der Waals surface area (Å²) in [6, 6.07) is 0.546. The number of hydrogen-bond acceptors (Lipinski definition) is 1. The van der Waals surface area contributed by atoms with Gasteiger partial charge in [-0.1, -0.05) is 12.5 Å². The molecule has 1 nitrogen and oxygen atoms in total. The lowest BCUT2D eigenvalue weighted by molar-refractivity contribution is 0.297. The van der Waals surface area contributed by atoms with E-state index in [0.29, 0.717) is 6.04 Å². The maximum Gasteiger partial charge on any atom is 0.0247 e. The Balaban J connectivity index is 1.85. The smallest absolute Gasteiger partial charge is 0.0247 e. The third kappa shape index (κ3) is 1.80. The molecule has 2 aliphatic carbocycles. The van der Waals surface area contributed by atoms with E-state index in [0.717, 1.165) is 17.8 Å². The fourth-order valence-electron chi connectivity index (χ4n) is 3.32. The summed E-state index contributed by atoms with van der Waals surface area (Å²) >= 11 is 0. The van der Waals surface area contributed by atoms with Crippen molar-refractivity contribution >= 4 is 0 Å². The van der Waals surface area contributed by atoms with E-state index in [1.807, 2.05) is 7.05 Å². The second-order valence-electron chi connectivity index (χ2n) is 4.80. The minimum absolute atomic E-state index is 0.546. The van der Waals surface area contributed by atoms with Gasteiger partial charge in [0.2, 0.25) is 0 Å². The van der Waals surface area contributed by atoms with Gasteiger partial charge in [0, 0.05) is 6.04 Å². The van der Waals surface area contributed by atoms with Crippen LogP contribution in [0, 0.1) is 17.8 Å². The van der Waals surface area contributed by atoms with E-state index in [1.54, 1.807) is 0 Å². The van der Waals surface area contributed by atoms with Gasteiger partial charge in [0.25, 0.3) is 0 Å².